The number of para-hydroxylation sites is 1. The molecule has 0 radical (unpaired) electrons. The first-order valence-electron chi connectivity index (χ1n) is 12.4. The van der Waals surface area contributed by atoms with Crippen LogP contribution < -0.4 is 16.8 Å². The van der Waals surface area contributed by atoms with Gasteiger partial charge in [0.05, 0.1) is 4.90 Å². The molecule has 8 heteroatoms. The molecule has 5 rings (SSSR count). The zero-order chi connectivity index (χ0) is 25.3. The summed E-state index contributed by atoms with van der Waals surface area (Å²) < 4.78 is 28.5. The fourth-order valence-corrected chi connectivity index (χ4v) is 6.67. The molecule has 1 heterocycles. The quantitative estimate of drug-likeness (QED) is 0.405. The minimum absolute atomic E-state index is 0.144. The fraction of sp³-hybridized carbons (Fsp3) is 0.321. The van der Waals surface area contributed by atoms with Crippen molar-refractivity contribution < 1.29 is 13.2 Å². The Balaban J connectivity index is 1.24. The van der Waals surface area contributed by atoms with Crippen LogP contribution in [0.15, 0.2) is 77.7 Å². The molecule has 7 nitrogen and oxygen atoms in total. The zero-order valence-corrected chi connectivity index (χ0v) is 21.0. The summed E-state index contributed by atoms with van der Waals surface area (Å²) in [5.41, 5.74) is 14.8. The number of nitrogens with zero attached hydrogens (tertiary/aromatic N) is 1. The number of primary amides is 1. The second-order valence-corrected chi connectivity index (χ2v) is 11.7. The number of amides is 1. The first-order chi connectivity index (χ1) is 17.3. The van der Waals surface area contributed by atoms with E-state index in [1.54, 1.807) is 28.6 Å². The number of carbonyl (C=O) groups excluding carboxylic acids is 1. The van der Waals surface area contributed by atoms with E-state index in [0.29, 0.717) is 47.8 Å². The molecule has 36 heavy (non-hydrogen) atoms. The van der Waals surface area contributed by atoms with Gasteiger partial charge in [0, 0.05) is 41.9 Å². The topological polar surface area (TPSA) is 119 Å². The van der Waals surface area contributed by atoms with E-state index in [9.17, 15) is 13.2 Å². The molecule has 0 bridgehead atoms. The predicted molar refractivity (Wildman–Crippen MR) is 142 cm³/mol. The molecule has 2 atom stereocenters. The molecule has 1 saturated heterocycles. The molecule has 3 aromatic rings. The highest BCUT2D eigenvalue weighted by atomic mass is 32.2. The molecule has 3 aromatic carbocycles. The molecule has 0 spiro atoms. The number of hydrogen-bond acceptors (Lipinski definition) is 5. The van der Waals surface area contributed by atoms with Crippen molar-refractivity contribution in [3.63, 3.8) is 0 Å². The summed E-state index contributed by atoms with van der Waals surface area (Å²) in [5.74, 6) is 0.406. The summed E-state index contributed by atoms with van der Waals surface area (Å²) in [6.45, 7) is 1.86. The molecule has 2 aliphatic rings. The highest BCUT2D eigenvalue weighted by molar-refractivity contribution is 7.89. The largest absolute Gasteiger partial charge is 0.398 e. The van der Waals surface area contributed by atoms with Crippen LogP contribution in [0.3, 0.4) is 0 Å². The van der Waals surface area contributed by atoms with Gasteiger partial charge in [0.15, 0.2) is 0 Å². The van der Waals surface area contributed by atoms with E-state index in [1.807, 2.05) is 6.07 Å². The van der Waals surface area contributed by atoms with Gasteiger partial charge >= 0.3 is 0 Å². The third-order valence-corrected chi connectivity index (χ3v) is 9.30. The van der Waals surface area contributed by atoms with Gasteiger partial charge in [-0.2, -0.15) is 4.31 Å². The van der Waals surface area contributed by atoms with Gasteiger partial charge in [0.25, 0.3) is 0 Å². The third kappa shape index (κ3) is 5.02. The Hall–Kier alpha value is -3.20. The minimum Gasteiger partial charge on any atom is -0.398 e. The molecule has 2 unspecified atom stereocenters. The Morgan fingerprint density at radius 3 is 2.33 bits per heavy atom. The summed E-state index contributed by atoms with van der Waals surface area (Å²) >= 11 is 0. The number of hydrogen-bond donors (Lipinski definition) is 3. The second-order valence-electron chi connectivity index (χ2n) is 9.77. The number of piperidine rings is 1. The van der Waals surface area contributed by atoms with Crippen molar-refractivity contribution in [2.24, 2.45) is 11.7 Å². The van der Waals surface area contributed by atoms with Gasteiger partial charge in [-0.25, -0.2) is 8.42 Å². The summed E-state index contributed by atoms with van der Waals surface area (Å²) in [6.07, 6.45) is 2.78. The van der Waals surface area contributed by atoms with Crippen LogP contribution in [0.2, 0.25) is 0 Å². The first kappa shape index (κ1) is 24.5. The van der Waals surface area contributed by atoms with Gasteiger partial charge in [-0.15, -0.1) is 0 Å². The average Bonchev–Trinajstić information content (AvgIpc) is 3.68. The van der Waals surface area contributed by atoms with E-state index in [-0.39, 0.29) is 10.5 Å². The Morgan fingerprint density at radius 2 is 1.64 bits per heavy atom. The van der Waals surface area contributed by atoms with E-state index in [4.69, 9.17) is 11.5 Å². The lowest BCUT2D eigenvalue weighted by molar-refractivity contribution is 0.100. The van der Waals surface area contributed by atoms with Crippen molar-refractivity contribution in [2.75, 3.05) is 25.4 Å². The maximum atomic E-state index is 13.5. The summed E-state index contributed by atoms with van der Waals surface area (Å²) in [4.78, 5) is 12.2. The van der Waals surface area contributed by atoms with Gasteiger partial charge in [-0.05, 0) is 67.1 Å². The number of nitrogens with one attached hydrogen (secondary N) is 1. The van der Waals surface area contributed by atoms with Crippen molar-refractivity contribution in [2.45, 2.75) is 36.1 Å². The lowest BCUT2D eigenvalue weighted by atomic mass is 9.98. The third-order valence-electron chi connectivity index (χ3n) is 7.41. The fourth-order valence-electron chi connectivity index (χ4n) is 5.17. The second kappa shape index (κ2) is 10.0. The highest BCUT2D eigenvalue weighted by Crippen LogP contribution is 2.41. The molecule has 1 aliphatic carbocycles. The van der Waals surface area contributed by atoms with Crippen molar-refractivity contribution in [3.05, 3.63) is 83.9 Å². The van der Waals surface area contributed by atoms with Crippen LogP contribution in [0.5, 0.6) is 0 Å². The van der Waals surface area contributed by atoms with E-state index < -0.39 is 15.9 Å². The van der Waals surface area contributed by atoms with Gasteiger partial charge in [-0.3, -0.25) is 4.79 Å². The summed E-state index contributed by atoms with van der Waals surface area (Å²) in [6, 6.07) is 22.6. The van der Waals surface area contributed by atoms with Gasteiger partial charge < -0.3 is 16.8 Å². The van der Waals surface area contributed by atoms with Gasteiger partial charge in [0.1, 0.15) is 0 Å². The highest BCUT2D eigenvalue weighted by Gasteiger charge is 2.38. The van der Waals surface area contributed by atoms with Crippen LogP contribution in [0.1, 0.15) is 41.1 Å². The Labute approximate surface area is 212 Å². The van der Waals surface area contributed by atoms with E-state index in [2.05, 4.69) is 29.6 Å². The molecule has 1 amide bonds. The number of sulfonamides is 1. The van der Waals surface area contributed by atoms with Crippen molar-refractivity contribution in [3.8, 4) is 11.1 Å². The minimum atomic E-state index is -3.72. The van der Waals surface area contributed by atoms with Gasteiger partial charge in [0.2, 0.25) is 15.9 Å². The molecule has 5 N–H and O–H groups in total. The van der Waals surface area contributed by atoms with Crippen molar-refractivity contribution in [1.82, 2.24) is 9.62 Å². The van der Waals surface area contributed by atoms with Crippen LogP contribution in [0.25, 0.3) is 11.1 Å². The maximum Gasteiger partial charge on any atom is 0.249 e. The first-order valence-corrected chi connectivity index (χ1v) is 13.9. The number of nitrogens with two attached hydrogens (primary N) is 2. The number of carbonyl (C=O) groups is 1. The normalized spacial score (nSPS) is 20.8. The maximum absolute atomic E-state index is 13.5. The Bertz CT molecular complexity index is 1350. The number of rotatable bonds is 8. The van der Waals surface area contributed by atoms with E-state index >= 15 is 0 Å². The molecule has 2 fully saturated rings. The molecular formula is C28H32N4O3S. The van der Waals surface area contributed by atoms with E-state index in [1.165, 1.54) is 23.8 Å². The molecular weight excluding hydrogens is 472 g/mol. The number of benzene rings is 3. The molecule has 188 valence electrons. The smallest absolute Gasteiger partial charge is 0.249 e. The number of nitrogen functional groups attached to an aromatic ring is 1. The molecule has 1 aliphatic heterocycles. The monoisotopic (exact) mass is 504 g/mol. The van der Waals surface area contributed by atoms with Crippen LogP contribution in [0.4, 0.5) is 5.69 Å². The lowest BCUT2D eigenvalue weighted by Gasteiger charge is -2.31. The van der Waals surface area contributed by atoms with Crippen LogP contribution in [-0.2, 0) is 10.0 Å². The molecule has 0 aromatic heterocycles. The van der Waals surface area contributed by atoms with Crippen molar-refractivity contribution >= 4 is 21.6 Å². The van der Waals surface area contributed by atoms with Crippen LogP contribution in [-0.4, -0.2) is 44.3 Å². The van der Waals surface area contributed by atoms with Crippen LogP contribution in [0, 0.1) is 5.92 Å². The summed E-state index contributed by atoms with van der Waals surface area (Å²) in [5, 5.41) is 3.68. The number of anilines is 1. The molecule has 1 saturated carbocycles. The van der Waals surface area contributed by atoms with E-state index in [0.717, 1.165) is 25.8 Å². The Morgan fingerprint density at radius 1 is 0.944 bits per heavy atom. The van der Waals surface area contributed by atoms with Crippen molar-refractivity contribution in [1.29, 1.82) is 0 Å². The predicted octanol–water partition coefficient (Wildman–Crippen LogP) is 3.58. The van der Waals surface area contributed by atoms with Crippen LogP contribution >= 0.6 is 0 Å². The average molecular weight is 505 g/mol. The van der Waals surface area contributed by atoms with Gasteiger partial charge in [-0.1, -0.05) is 48.5 Å². The zero-order valence-electron chi connectivity index (χ0n) is 20.1. The SMILES string of the molecule is NC(=O)c1ccc(S(=O)(=O)N2CCC(CNC3CC3c3ccccc3)CC2)cc1-c1ccccc1N. The summed E-state index contributed by atoms with van der Waals surface area (Å²) in [7, 11) is -3.72. The standard InChI is InChI=1S/C28H32N4O3S/c29-26-9-5-4-8-22(26)25-16-21(10-11-23(25)28(30)33)36(34,35)32-14-12-19(13-15-32)18-31-27-17-24(27)20-6-2-1-3-7-20/h1-11,16,19,24,27,31H,12-15,17-18,29H2,(H2,30,33). The Kier molecular flexibility index (Phi) is 6.83. The lowest BCUT2D eigenvalue weighted by Crippen LogP contribution is -2.41.